The molecule has 0 amide bonds. The van der Waals surface area contributed by atoms with E-state index >= 15 is 0 Å². The predicted octanol–water partition coefficient (Wildman–Crippen LogP) is 1.48. The van der Waals surface area contributed by atoms with Gasteiger partial charge >= 0.3 is 0 Å². The van der Waals surface area contributed by atoms with Crippen molar-refractivity contribution in [2.75, 3.05) is 7.11 Å². The van der Waals surface area contributed by atoms with Gasteiger partial charge in [-0.2, -0.15) is 4.39 Å². The zero-order valence-electron chi connectivity index (χ0n) is 6.31. The van der Waals surface area contributed by atoms with Gasteiger partial charge in [-0.15, -0.1) is 0 Å². The monoisotopic (exact) mass is 143 g/mol. The summed E-state index contributed by atoms with van der Waals surface area (Å²) in [6.07, 6.45) is 0. The van der Waals surface area contributed by atoms with Crippen LogP contribution in [0.15, 0.2) is 6.07 Å². The lowest BCUT2D eigenvalue weighted by atomic mass is 10.4. The molecule has 2 nitrogen and oxygen atoms in total. The van der Waals surface area contributed by atoms with Crippen LogP contribution in [-0.2, 0) is 7.05 Å². The zero-order chi connectivity index (χ0) is 7.72. The average molecular weight is 143 g/mol. The smallest absolute Gasteiger partial charge is 0.197 e. The van der Waals surface area contributed by atoms with E-state index in [1.54, 1.807) is 7.05 Å². The molecule has 0 saturated heterocycles. The summed E-state index contributed by atoms with van der Waals surface area (Å²) in [5, 5.41) is 0. The third kappa shape index (κ3) is 0.875. The SMILES string of the molecule is COc1cc(F)n(C)c1C. The third-order valence-electron chi connectivity index (χ3n) is 1.65. The van der Waals surface area contributed by atoms with Crippen molar-refractivity contribution in [3.05, 3.63) is 17.7 Å². The molecule has 0 atom stereocenters. The number of methoxy groups -OCH3 is 1. The van der Waals surface area contributed by atoms with Crippen LogP contribution in [0.2, 0.25) is 0 Å². The molecule has 1 aromatic heterocycles. The minimum absolute atomic E-state index is 0.269. The van der Waals surface area contributed by atoms with E-state index in [1.165, 1.54) is 17.7 Å². The molecule has 1 heterocycles. The third-order valence-corrected chi connectivity index (χ3v) is 1.65. The number of halogens is 1. The molecule has 0 aromatic carbocycles. The standard InChI is InChI=1S/C7H10FNO/c1-5-6(10-3)4-7(8)9(5)2/h4H,1-3H3. The first-order valence-electron chi connectivity index (χ1n) is 3.02. The summed E-state index contributed by atoms with van der Waals surface area (Å²) < 4.78 is 19.0. The van der Waals surface area contributed by atoms with Crippen LogP contribution in [0.25, 0.3) is 0 Å². The van der Waals surface area contributed by atoms with Crippen molar-refractivity contribution < 1.29 is 9.13 Å². The molecular weight excluding hydrogens is 133 g/mol. The van der Waals surface area contributed by atoms with E-state index in [0.717, 1.165) is 5.69 Å². The molecular formula is C7H10FNO. The van der Waals surface area contributed by atoms with Gasteiger partial charge in [-0.05, 0) is 6.92 Å². The van der Waals surface area contributed by atoms with E-state index < -0.39 is 0 Å². The number of nitrogens with zero attached hydrogens (tertiary/aromatic N) is 1. The van der Waals surface area contributed by atoms with Crippen LogP contribution in [0, 0.1) is 12.9 Å². The number of rotatable bonds is 1. The number of hydrogen-bond donors (Lipinski definition) is 0. The van der Waals surface area contributed by atoms with Crippen LogP contribution in [0.5, 0.6) is 5.75 Å². The Kier molecular flexibility index (Phi) is 1.66. The summed E-state index contributed by atoms with van der Waals surface area (Å²) in [4.78, 5) is 0. The van der Waals surface area contributed by atoms with Gasteiger partial charge in [0.25, 0.3) is 0 Å². The Morgan fingerprint density at radius 1 is 1.60 bits per heavy atom. The summed E-state index contributed by atoms with van der Waals surface area (Å²) in [5.41, 5.74) is 0.806. The summed E-state index contributed by atoms with van der Waals surface area (Å²) in [5.74, 6) is 0.328. The fourth-order valence-electron chi connectivity index (χ4n) is 0.842. The zero-order valence-corrected chi connectivity index (χ0v) is 6.31. The maximum atomic E-state index is 12.7. The van der Waals surface area contributed by atoms with Crippen LogP contribution >= 0.6 is 0 Å². The molecule has 10 heavy (non-hydrogen) atoms. The first kappa shape index (κ1) is 7.12. The van der Waals surface area contributed by atoms with Crippen molar-refractivity contribution in [2.24, 2.45) is 7.05 Å². The Balaban J connectivity index is 3.17. The van der Waals surface area contributed by atoms with Gasteiger partial charge in [0.05, 0.1) is 12.8 Å². The van der Waals surface area contributed by atoms with Crippen LogP contribution in [-0.4, -0.2) is 11.7 Å². The van der Waals surface area contributed by atoms with Gasteiger partial charge in [-0.1, -0.05) is 0 Å². The Bertz CT molecular complexity index is 242. The van der Waals surface area contributed by atoms with Gasteiger partial charge in [-0.3, -0.25) is 0 Å². The number of hydrogen-bond acceptors (Lipinski definition) is 1. The lowest BCUT2D eigenvalue weighted by Crippen LogP contribution is -1.93. The van der Waals surface area contributed by atoms with Crippen molar-refractivity contribution in [1.82, 2.24) is 4.57 Å². The maximum absolute atomic E-state index is 12.7. The van der Waals surface area contributed by atoms with E-state index in [2.05, 4.69) is 0 Å². The van der Waals surface area contributed by atoms with Crippen LogP contribution in [0.3, 0.4) is 0 Å². The van der Waals surface area contributed by atoms with E-state index in [9.17, 15) is 4.39 Å². The quantitative estimate of drug-likeness (QED) is 0.580. The van der Waals surface area contributed by atoms with Crippen molar-refractivity contribution in [1.29, 1.82) is 0 Å². The van der Waals surface area contributed by atoms with Crippen LogP contribution in [0.4, 0.5) is 4.39 Å². The van der Waals surface area contributed by atoms with E-state index in [-0.39, 0.29) is 5.95 Å². The molecule has 0 saturated carbocycles. The normalized spacial score (nSPS) is 10.0. The van der Waals surface area contributed by atoms with Gasteiger partial charge < -0.3 is 9.30 Å². The van der Waals surface area contributed by atoms with Crippen LogP contribution < -0.4 is 4.74 Å². The summed E-state index contributed by atoms with van der Waals surface area (Å²) in [7, 11) is 3.19. The van der Waals surface area contributed by atoms with Crippen molar-refractivity contribution >= 4 is 0 Å². The molecule has 0 bridgehead atoms. The lowest BCUT2D eigenvalue weighted by Gasteiger charge is -1.98. The molecule has 1 rings (SSSR count). The second-order valence-electron chi connectivity index (χ2n) is 2.18. The number of ether oxygens (including phenoxy) is 1. The lowest BCUT2D eigenvalue weighted by molar-refractivity contribution is 0.410. The molecule has 0 N–H and O–H groups in total. The largest absolute Gasteiger partial charge is 0.495 e. The molecule has 0 radical (unpaired) electrons. The van der Waals surface area contributed by atoms with E-state index in [1.807, 2.05) is 6.92 Å². The van der Waals surface area contributed by atoms with Crippen molar-refractivity contribution in [3.63, 3.8) is 0 Å². The number of aromatic nitrogens is 1. The summed E-state index contributed by atoms with van der Waals surface area (Å²) in [6.45, 7) is 1.81. The Labute approximate surface area is 59.2 Å². The second-order valence-corrected chi connectivity index (χ2v) is 2.18. The molecule has 0 spiro atoms. The summed E-state index contributed by atoms with van der Waals surface area (Å²) in [6, 6.07) is 1.37. The predicted molar refractivity (Wildman–Crippen MR) is 36.7 cm³/mol. The fourth-order valence-corrected chi connectivity index (χ4v) is 0.842. The van der Waals surface area contributed by atoms with Crippen LogP contribution in [0.1, 0.15) is 5.69 Å². The second kappa shape index (κ2) is 2.33. The van der Waals surface area contributed by atoms with Gasteiger partial charge in [0.15, 0.2) is 5.95 Å². The minimum atomic E-state index is -0.269. The van der Waals surface area contributed by atoms with E-state index in [4.69, 9.17) is 4.74 Å². The summed E-state index contributed by atoms with van der Waals surface area (Å²) >= 11 is 0. The maximum Gasteiger partial charge on any atom is 0.197 e. The average Bonchev–Trinajstić information content (AvgIpc) is 2.17. The molecule has 1 aromatic rings. The molecule has 3 heteroatoms. The molecule has 0 aliphatic heterocycles. The van der Waals surface area contributed by atoms with E-state index in [0.29, 0.717) is 5.75 Å². The molecule has 0 aliphatic rings. The van der Waals surface area contributed by atoms with Gasteiger partial charge in [0.1, 0.15) is 5.75 Å². The van der Waals surface area contributed by atoms with Crippen molar-refractivity contribution in [3.8, 4) is 5.75 Å². The molecule has 0 aliphatic carbocycles. The molecule has 56 valence electrons. The van der Waals surface area contributed by atoms with Gasteiger partial charge in [-0.25, -0.2) is 0 Å². The Morgan fingerprint density at radius 3 is 2.40 bits per heavy atom. The topological polar surface area (TPSA) is 14.2 Å². The van der Waals surface area contributed by atoms with Crippen molar-refractivity contribution in [2.45, 2.75) is 6.92 Å². The Hall–Kier alpha value is -0.990. The highest BCUT2D eigenvalue weighted by Gasteiger charge is 2.06. The Morgan fingerprint density at radius 2 is 2.20 bits per heavy atom. The molecule has 0 unspecified atom stereocenters. The highest BCUT2D eigenvalue weighted by molar-refractivity contribution is 5.28. The first-order chi connectivity index (χ1) is 4.66. The molecule has 0 fully saturated rings. The first-order valence-corrected chi connectivity index (χ1v) is 3.02. The highest BCUT2D eigenvalue weighted by atomic mass is 19.1. The van der Waals surface area contributed by atoms with Gasteiger partial charge in [0, 0.05) is 13.1 Å². The van der Waals surface area contributed by atoms with Gasteiger partial charge in [0.2, 0.25) is 0 Å². The minimum Gasteiger partial charge on any atom is -0.495 e. The fraction of sp³-hybridized carbons (Fsp3) is 0.429. The highest BCUT2D eigenvalue weighted by Crippen LogP contribution is 2.19.